The van der Waals surface area contributed by atoms with E-state index in [1.165, 1.54) is 0 Å². The molecule has 2 atom stereocenters. The minimum atomic E-state index is -0.166. The highest BCUT2D eigenvalue weighted by Gasteiger charge is 2.52. The van der Waals surface area contributed by atoms with E-state index >= 15 is 0 Å². The largest absolute Gasteiger partial charge is 0.302 e. The third kappa shape index (κ3) is 1.33. The molecule has 0 radical (unpaired) electrons. The second-order valence-corrected chi connectivity index (χ2v) is 4.69. The standard InChI is InChI=1S/C11H11BrO/c1-8-6-11(8,7-13)9-2-4-10(12)5-3-9/h2-5,7-8H,6H2,1H3/t8-,11+/m1/s1. The molecule has 0 amide bonds. The third-order valence-corrected chi connectivity index (χ3v) is 3.48. The van der Waals surface area contributed by atoms with Gasteiger partial charge in [0.1, 0.15) is 6.29 Å². The van der Waals surface area contributed by atoms with E-state index in [0.717, 1.165) is 22.7 Å². The van der Waals surface area contributed by atoms with Crippen molar-refractivity contribution in [2.24, 2.45) is 5.92 Å². The van der Waals surface area contributed by atoms with Crippen molar-refractivity contribution in [1.82, 2.24) is 0 Å². The van der Waals surface area contributed by atoms with E-state index in [2.05, 4.69) is 22.9 Å². The second kappa shape index (κ2) is 2.95. The lowest BCUT2D eigenvalue weighted by atomic mass is 9.95. The summed E-state index contributed by atoms with van der Waals surface area (Å²) in [6, 6.07) is 8.04. The summed E-state index contributed by atoms with van der Waals surface area (Å²) in [4.78, 5) is 11.0. The highest BCUT2D eigenvalue weighted by molar-refractivity contribution is 9.10. The van der Waals surface area contributed by atoms with Crippen LogP contribution in [0.5, 0.6) is 0 Å². The summed E-state index contributed by atoms with van der Waals surface area (Å²) in [6.45, 7) is 2.12. The monoisotopic (exact) mass is 238 g/mol. The quantitative estimate of drug-likeness (QED) is 0.725. The van der Waals surface area contributed by atoms with Crippen LogP contribution in [-0.2, 0) is 10.2 Å². The first-order chi connectivity index (χ1) is 6.19. The number of benzene rings is 1. The Hall–Kier alpha value is -0.630. The number of halogens is 1. The van der Waals surface area contributed by atoms with Crippen LogP contribution in [-0.4, -0.2) is 6.29 Å². The van der Waals surface area contributed by atoms with Gasteiger partial charge in [-0.2, -0.15) is 0 Å². The Balaban J connectivity index is 2.36. The molecular formula is C11H11BrO. The van der Waals surface area contributed by atoms with E-state index in [1.54, 1.807) is 0 Å². The van der Waals surface area contributed by atoms with Crippen molar-refractivity contribution in [2.45, 2.75) is 18.8 Å². The first kappa shape index (κ1) is 8.95. The fraction of sp³-hybridized carbons (Fsp3) is 0.364. The van der Waals surface area contributed by atoms with E-state index in [0.29, 0.717) is 5.92 Å². The van der Waals surface area contributed by atoms with Gasteiger partial charge in [0.15, 0.2) is 0 Å². The Labute approximate surface area is 86.3 Å². The molecule has 1 aromatic carbocycles. The summed E-state index contributed by atoms with van der Waals surface area (Å²) < 4.78 is 1.06. The molecular weight excluding hydrogens is 228 g/mol. The molecule has 1 fully saturated rings. The van der Waals surface area contributed by atoms with E-state index in [4.69, 9.17) is 0 Å². The summed E-state index contributed by atoms with van der Waals surface area (Å²) in [6.07, 6.45) is 2.10. The summed E-state index contributed by atoms with van der Waals surface area (Å²) in [5.41, 5.74) is 0.985. The Morgan fingerprint density at radius 3 is 2.38 bits per heavy atom. The summed E-state index contributed by atoms with van der Waals surface area (Å²) >= 11 is 3.38. The molecule has 68 valence electrons. The minimum Gasteiger partial charge on any atom is -0.302 e. The van der Waals surface area contributed by atoms with Crippen LogP contribution in [0.25, 0.3) is 0 Å². The maximum atomic E-state index is 11.0. The average Bonchev–Trinajstić information content (AvgIpc) is 2.79. The van der Waals surface area contributed by atoms with Gasteiger partial charge in [-0.15, -0.1) is 0 Å². The Morgan fingerprint density at radius 2 is 2.00 bits per heavy atom. The summed E-state index contributed by atoms with van der Waals surface area (Å²) in [7, 11) is 0. The Morgan fingerprint density at radius 1 is 1.46 bits per heavy atom. The molecule has 1 nitrogen and oxygen atoms in total. The fourth-order valence-electron chi connectivity index (χ4n) is 1.84. The van der Waals surface area contributed by atoms with Crippen molar-refractivity contribution >= 4 is 22.2 Å². The van der Waals surface area contributed by atoms with E-state index in [-0.39, 0.29) is 5.41 Å². The van der Waals surface area contributed by atoms with Crippen LogP contribution in [0.15, 0.2) is 28.7 Å². The molecule has 0 saturated heterocycles. The molecule has 2 heteroatoms. The second-order valence-electron chi connectivity index (χ2n) is 3.77. The molecule has 0 aliphatic heterocycles. The molecule has 13 heavy (non-hydrogen) atoms. The number of carbonyl (C=O) groups is 1. The number of hydrogen-bond donors (Lipinski definition) is 0. The molecule has 0 aromatic heterocycles. The van der Waals surface area contributed by atoms with E-state index < -0.39 is 0 Å². The molecule has 0 bridgehead atoms. The maximum Gasteiger partial charge on any atom is 0.130 e. The zero-order chi connectivity index (χ0) is 9.47. The number of aldehydes is 1. The first-order valence-electron chi connectivity index (χ1n) is 4.41. The van der Waals surface area contributed by atoms with Gasteiger partial charge in [-0.1, -0.05) is 35.0 Å². The molecule has 0 N–H and O–H groups in total. The van der Waals surface area contributed by atoms with Crippen LogP contribution in [0.3, 0.4) is 0 Å². The van der Waals surface area contributed by atoms with Crippen molar-refractivity contribution in [1.29, 1.82) is 0 Å². The van der Waals surface area contributed by atoms with Crippen molar-refractivity contribution in [2.75, 3.05) is 0 Å². The van der Waals surface area contributed by atoms with Gasteiger partial charge < -0.3 is 4.79 Å². The predicted octanol–water partition coefficient (Wildman–Crippen LogP) is 2.93. The lowest BCUT2D eigenvalue weighted by Gasteiger charge is -2.08. The topological polar surface area (TPSA) is 17.1 Å². The van der Waals surface area contributed by atoms with Gasteiger partial charge in [0.25, 0.3) is 0 Å². The van der Waals surface area contributed by atoms with Gasteiger partial charge in [-0.3, -0.25) is 0 Å². The molecule has 2 rings (SSSR count). The third-order valence-electron chi connectivity index (χ3n) is 2.96. The van der Waals surface area contributed by atoms with Crippen LogP contribution < -0.4 is 0 Å². The lowest BCUT2D eigenvalue weighted by molar-refractivity contribution is -0.110. The average molecular weight is 239 g/mol. The number of hydrogen-bond acceptors (Lipinski definition) is 1. The van der Waals surface area contributed by atoms with Gasteiger partial charge in [0.05, 0.1) is 5.41 Å². The molecule has 1 saturated carbocycles. The van der Waals surface area contributed by atoms with E-state index in [1.807, 2.05) is 24.3 Å². The highest BCUT2D eigenvalue weighted by Crippen LogP contribution is 2.52. The van der Waals surface area contributed by atoms with Crippen LogP contribution in [0, 0.1) is 5.92 Å². The van der Waals surface area contributed by atoms with Crippen molar-refractivity contribution in [3.63, 3.8) is 0 Å². The van der Waals surface area contributed by atoms with E-state index in [9.17, 15) is 4.79 Å². The Bertz CT molecular complexity index is 330. The predicted molar refractivity (Wildman–Crippen MR) is 55.7 cm³/mol. The lowest BCUT2D eigenvalue weighted by Crippen LogP contribution is -2.10. The van der Waals surface area contributed by atoms with Crippen molar-refractivity contribution in [3.05, 3.63) is 34.3 Å². The SMILES string of the molecule is C[C@@H]1C[C@@]1(C=O)c1ccc(Br)cc1. The number of carbonyl (C=O) groups excluding carboxylic acids is 1. The van der Waals surface area contributed by atoms with Crippen LogP contribution in [0.2, 0.25) is 0 Å². The van der Waals surface area contributed by atoms with Gasteiger partial charge >= 0.3 is 0 Å². The van der Waals surface area contributed by atoms with Gasteiger partial charge in [-0.25, -0.2) is 0 Å². The van der Waals surface area contributed by atoms with Crippen LogP contribution in [0.1, 0.15) is 18.9 Å². The van der Waals surface area contributed by atoms with Gasteiger partial charge in [0.2, 0.25) is 0 Å². The number of rotatable bonds is 2. The van der Waals surface area contributed by atoms with Gasteiger partial charge in [-0.05, 0) is 30.0 Å². The minimum absolute atomic E-state index is 0.166. The maximum absolute atomic E-state index is 11.0. The van der Waals surface area contributed by atoms with Crippen molar-refractivity contribution in [3.8, 4) is 0 Å². The first-order valence-corrected chi connectivity index (χ1v) is 5.21. The molecule has 0 unspecified atom stereocenters. The fourth-order valence-corrected chi connectivity index (χ4v) is 2.11. The summed E-state index contributed by atoms with van der Waals surface area (Å²) in [5, 5.41) is 0. The zero-order valence-corrected chi connectivity index (χ0v) is 9.04. The molecule has 1 aromatic rings. The zero-order valence-electron chi connectivity index (χ0n) is 7.46. The Kier molecular flexibility index (Phi) is 2.03. The van der Waals surface area contributed by atoms with Crippen LogP contribution in [0.4, 0.5) is 0 Å². The molecule has 1 aliphatic carbocycles. The molecule has 1 aliphatic rings. The molecule has 0 spiro atoms. The van der Waals surface area contributed by atoms with Crippen LogP contribution >= 0.6 is 15.9 Å². The van der Waals surface area contributed by atoms with Gasteiger partial charge in [0, 0.05) is 4.47 Å². The summed E-state index contributed by atoms with van der Waals surface area (Å²) in [5.74, 6) is 0.506. The smallest absolute Gasteiger partial charge is 0.130 e. The van der Waals surface area contributed by atoms with Crippen molar-refractivity contribution < 1.29 is 4.79 Å². The normalized spacial score (nSPS) is 31.4. The molecule has 0 heterocycles. The highest BCUT2D eigenvalue weighted by atomic mass is 79.9.